The van der Waals surface area contributed by atoms with Crippen molar-refractivity contribution < 1.29 is 28.3 Å². The molecule has 3 amide bonds. The van der Waals surface area contributed by atoms with Crippen molar-refractivity contribution in [2.45, 2.75) is 44.2 Å². The van der Waals surface area contributed by atoms with Crippen molar-refractivity contribution in [3.05, 3.63) is 89.7 Å². The van der Waals surface area contributed by atoms with Gasteiger partial charge in [0, 0.05) is 12.2 Å². The van der Waals surface area contributed by atoms with E-state index in [-0.39, 0.29) is 18.0 Å². The van der Waals surface area contributed by atoms with Gasteiger partial charge in [-0.25, -0.2) is 4.39 Å². The van der Waals surface area contributed by atoms with E-state index in [0.717, 1.165) is 19.3 Å². The van der Waals surface area contributed by atoms with Crippen molar-refractivity contribution in [1.29, 1.82) is 0 Å². The number of ketones is 1. The first-order valence-electron chi connectivity index (χ1n) is 13.3. The van der Waals surface area contributed by atoms with Crippen LogP contribution in [-0.2, 0) is 20.9 Å². The minimum absolute atomic E-state index is 0.0345. The van der Waals surface area contributed by atoms with Gasteiger partial charge in [-0.2, -0.15) is 0 Å². The second-order valence-corrected chi connectivity index (χ2v) is 10.1. The number of para-hydroxylation sites is 1. The maximum Gasteiger partial charge on any atom is 0.299 e. The molecule has 0 spiro atoms. The molecule has 8 nitrogen and oxygen atoms in total. The van der Waals surface area contributed by atoms with E-state index in [9.17, 15) is 23.6 Å². The summed E-state index contributed by atoms with van der Waals surface area (Å²) in [6.07, 6.45) is 3.22. The van der Waals surface area contributed by atoms with Crippen molar-refractivity contribution >= 4 is 34.9 Å². The number of amides is 3. The van der Waals surface area contributed by atoms with Gasteiger partial charge >= 0.3 is 0 Å². The number of hydrogen-bond acceptors (Lipinski definition) is 5. The molecular weight excluding hydrogens is 513 g/mol. The fraction of sp³-hybridized carbons (Fsp3) is 0.290. The van der Waals surface area contributed by atoms with E-state index < -0.39 is 35.5 Å². The van der Waals surface area contributed by atoms with Crippen LogP contribution in [0.4, 0.5) is 15.8 Å². The molecule has 3 aromatic rings. The first kappa shape index (κ1) is 27.1. The molecule has 1 heterocycles. The Morgan fingerprint density at radius 1 is 0.950 bits per heavy atom. The van der Waals surface area contributed by atoms with Gasteiger partial charge in [0.1, 0.15) is 23.7 Å². The number of methoxy groups -OCH3 is 1. The Morgan fingerprint density at radius 3 is 2.30 bits per heavy atom. The number of nitrogens with one attached hydrogen (secondary N) is 1. The molecule has 3 aromatic carbocycles. The molecule has 40 heavy (non-hydrogen) atoms. The van der Waals surface area contributed by atoms with E-state index in [1.54, 1.807) is 67.8 Å². The largest absolute Gasteiger partial charge is 0.497 e. The maximum absolute atomic E-state index is 14.1. The fourth-order valence-corrected chi connectivity index (χ4v) is 5.55. The summed E-state index contributed by atoms with van der Waals surface area (Å²) in [5.41, 5.74) is 0.596. The summed E-state index contributed by atoms with van der Waals surface area (Å²) in [7, 11) is 1.56. The van der Waals surface area contributed by atoms with Gasteiger partial charge in [0.05, 0.1) is 18.4 Å². The normalized spacial score (nSPS) is 15.9. The lowest BCUT2D eigenvalue weighted by Crippen LogP contribution is -2.61. The molecule has 1 N–H and O–H groups in total. The zero-order valence-corrected chi connectivity index (χ0v) is 22.2. The third-order valence-corrected chi connectivity index (χ3v) is 7.70. The predicted octanol–water partition coefficient (Wildman–Crippen LogP) is 4.73. The maximum atomic E-state index is 14.1. The van der Waals surface area contributed by atoms with Crippen molar-refractivity contribution in [3.8, 4) is 5.75 Å². The summed E-state index contributed by atoms with van der Waals surface area (Å²) in [6.45, 7) is -0.368. The topological polar surface area (TPSA) is 96.0 Å². The third kappa shape index (κ3) is 5.19. The van der Waals surface area contributed by atoms with E-state index in [4.69, 9.17) is 4.74 Å². The summed E-state index contributed by atoms with van der Waals surface area (Å²) in [5, 5.41) is 2.98. The minimum Gasteiger partial charge on any atom is -0.497 e. The van der Waals surface area contributed by atoms with Crippen LogP contribution in [0.15, 0.2) is 72.8 Å². The Hall–Kier alpha value is -4.53. The molecular formula is C31H30FN3O5. The Labute approximate surface area is 231 Å². The number of halogens is 1. The number of anilines is 2. The Balaban J connectivity index is 1.50. The summed E-state index contributed by atoms with van der Waals surface area (Å²) < 4.78 is 18.9. The zero-order chi connectivity index (χ0) is 28.3. The highest BCUT2D eigenvalue weighted by Gasteiger charge is 2.48. The minimum atomic E-state index is -1.21. The number of carbonyl (C=O) groups excluding carboxylic acids is 4. The summed E-state index contributed by atoms with van der Waals surface area (Å²) in [5.74, 6) is -2.03. The van der Waals surface area contributed by atoms with Crippen molar-refractivity contribution in [2.75, 3.05) is 23.9 Å². The van der Waals surface area contributed by atoms with Gasteiger partial charge in [-0.05, 0) is 66.9 Å². The summed E-state index contributed by atoms with van der Waals surface area (Å²) in [6, 6.07) is 19.2. The number of hydrogen-bond donors (Lipinski definition) is 1. The van der Waals surface area contributed by atoms with Gasteiger partial charge in [0.15, 0.2) is 0 Å². The molecule has 1 saturated carbocycles. The Morgan fingerprint density at radius 2 is 1.62 bits per heavy atom. The van der Waals surface area contributed by atoms with Crippen molar-refractivity contribution in [1.82, 2.24) is 4.90 Å². The Kier molecular flexibility index (Phi) is 7.64. The van der Waals surface area contributed by atoms with Gasteiger partial charge in [0.2, 0.25) is 11.8 Å². The van der Waals surface area contributed by atoms with E-state index >= 15 is 0 Å². The molecule has 0 aromatic heterocycles. The Bertz CT molecular complexity index is 1430. The molecule has 2 aliphatic rings. The van der Waals surface area contributed by atoms with Crippen molar-refractivity contribution in [3.63, 3.8) is 0 Å². The number of rotatable bonds is 8. The lowest BCUT2D eigenvalue weighted by atomic mass is 9.78. The van der Waals surface area contributed by atoms with Crippen LogP contribution in [0.5, 0.6) is 5.75 Å². The highest BCUT2D eigenvalue weighted by Crippen LogP contribution is 2.37. The fourth-order valence-electron chi connectivity index (χ4n) is 5.55. The second kappa shape index (κ2) is 11.3. The molecule has 1 aliphatic carbocycles. The molecule has 0 radical (unpaired) electrons. The number of carbonyl (C=O) groups is 4. The molecule has 0 bridgehead atoms. The van der Waals surface area contributed by atoms with E-state index in [1.165, 1.54) is 21.9 Å². The summed E-state index contributed by atoms with van der Waals surface area (Å²) in [4.78, 5) is 56.3. The standard InChI is InChI=1S/C31H30FN3O5/c1-40-24-15-13-23(14-16-24)33-30(39)31(17-5-2-6-18-31)35(19-21-9-11-22(32)12-10-21)27(36)20-34-26-8-4-3-7-25(26)28(37)29(34)38/h3-4,7-16H,2,5-6,17-20H2,1H3,(H,33,39). The second-order valence-electron chi connectivity index (χ2n) is 10.1. The van der Waals surface area contributed by atoms with Gasteiger partial charge in [-0.1, -0.05) is 43.5 Å². The number of benzene rings is 3. The van der Waals surface area contributed by atoms with Crippen LogP contribution in [0.25, 0.3) is 0 Å². The quantitative estimate of drug-likeness (QED) is 0.415. The predicted molar refractivity (Wildman–Crippen MR) is 148 cm³/mol. The van der Waals surface area contributed by atoms with Crippen LogP contribution < -0.4 is 15.0 Å². The highest BCUT2D eigenvalue weighted by molar-refractivity contribution is 6.52. The molecule has 0 saturated heterocycles. The highest BCUT2D eigenvalue weighted by atomic mass is 19.1. The van der Waals surface area contributed by atoms with Crippen LogP contribution in [-0.4, -0.2) is 47.6 Å². The first-order valence-corrected chi connectivity index (χ1v) is 13.3. The monoisotopic (exact) mass is 543 g/mol. The number of ether oxygens (including phenoxy) is 1. The number of nitrogens with zero attached hydrogens (tertiary/aromatic N) is 2. The van der Waals surface area contributed by atoms with E-state index in [1.807, 2.05) is 0 Å². The van der Waals surface area contributed by atoms with Gasteiger partial charge < -0.3 is 15.0 Å². The van der Waals surface area contributed by atoms with Crippen LogP contribution in [0.2, 0.25) is 0 Å². The average molecular weight is 544 g/mol. The van der Waals surface area contributed by atoms with E-state index in [2.05, 4.69) is 5.32 Å². The van der Waals surface area contributed by atoms with Gasteiger partial charge in [-0.15, -0.1) is 0 Å². The van der Waals surface area contributed by atoms with Crippen LogP contribution in [0.3, 0.4) is 0 Å². The summed E-state index contributed by atoms with van der Waals surface area (Å²) >= 11 is 0. The first-order chi connectivity index (χ1) is 19.3. The van der Waals surface area contributed by atoms with Crippen LogP contribution in [0.1, 0.15) is 48.0 Å². The molecule has 0 unspecified atom stereocenters. The lowest BCUT2D eigenvalue weighted by molar-refractivity contribution is -0.148. The molecule has 1 fully saturated rings. The lowest BCUT2D eigenvalue weighted by Gasteiger charge is -2.45. The van der Waals surface area contributed by atoms with Crippen LogP contribution >= 0.6 is 0 Å². The average Bonchev–Trinajstić information content (AvgIpc) is 3.22. The smallest absolute Gasteiger partial charge is 0.299 e. The van der Waals surface area contributed by atoms with Crippen molar-refractivity contribution in [2.24, 2.45) is 0 Å². The zero-order valence-electron chi connectivity index (χ0n) is 22.2. The van der Waals surface area contributed by atoms with E-state index in [0.29, 0.717) is 35.5 Å². The third-order valence-electron chi connectivity index (χ3n) is 7.70. The molecule has 1 aliphatic heterocycles. The molecule has 206 valence electrons. The van der Waals surface area contributed by atoms with Crippen LogP contribution in [0, 0.1) is 5.82 Å². The SMILES string of the molecule is COc1ccc(NC(=O)C2(N(Cc3ccc(F)cc3)C(=O)CN3C(=O)C(=O)c4ccccc43)CCCCC2)cc1. The van der Waals surface area contributed by atoms with Gasteiger partial charge in [-0.3, -0.25) is 24.1 Å². The number of Topliss-reactive ketones (excluding diaryl/α,β-unsaturated/α-hetero) is 1. The molecule has 5 rings (SSSR count). The van der Waals surface area contributed by atoms with Gasteiger partial charge in [0.25, 0.3) is 11.7 Å². The molecule has 0 atom stereocenters. The molecule has 9 heteroatoms. The number of fused-ring (bicyclic) bond motifs is 1.